The summed E-state index contributed by atoms with van der Waals surface area (Å²) in [5.74, 6) is -4.38. The van der Waals surface area contributed by atoms with Crippen molar-refractivity contribution < 1.29 is 100 Å². The van der Waals surface area contributed by atoms with E-state index >= 15 is 0 Å². The van der Waals surface area contributed by atoms with Gasteiger partial charge < -0.3 is 77.9 Å². The van der Waals surface area contributed by atoms with Gasteiger partial charge in [0.1, 0.15) is 42.7 Å². The van der Waals surface area contributed by atoms with Crippen molar-refractivity contribution in [3.8, 4) is 0 Å². The van der Waals surface area contributed by atoms with Gasteiger partial charge in [-0.2, -0.15) is 0 Å². The summed E-state index contributed by atoms with van der Waals surface area (Å²) in [5, 5.41) is 112. The van der Waals surface area contributed by atoms with Crippen molar-refractivity contribution in [2.75, 3.05) is 19.8 Å². The number of aliphatic hydroxyl groups excluding tert-OH is 10. The molecule has 0 aromatic rings. The van der Waals surface area contributed by atoms with E-state index in [0.717, 1.165) is 12.8 Å². The summed E-state index contributed by atoms with van der Waals surface area (Å²) in [6.07, 6.45) is -13.5. The summed E-state index contributed by atoms with van der Waals surface area (Å²) < 4.78 is 0. The van der Waals surface area contributed by atoms with E-state index in [4.69, 9.17) is 77.9 Å². The van der Waals surface area contributed by atoms with Gasteiger partial charge in [-0.05, 0) is 19.4 Å². The first-order valence-electron chi connectivity index (χ1n) is 10.3. The molecule has 0 fully saturated rings. The fourth-order valence-electron chi connectivity index (χ4n) is 1.97. The Kier molecular flexibility index (Phi) is 39.3. The SMILES string of the molecule is Cl.NCCCCC(N)C(=O)O.O=C(O)C(O)C(O)C(O)C(O)CO.O=C(O)C(O)C(O)C(O)C(O)CO.[CaH2].[Zn]. The molecule has 0 aromatic carbocycles. The third kappa shape index (κ3) is 24.4. The molecule has 0 aromatic heterocycles. The first-order valence-corrected chi connectivity index (χ1v) is 10.3. The van der Waals surface area contributed by atoms with E-state index < -0.39 is 86.0 Å². The molecule has 9 unspecified atom stereocenters. The molecule has 0 bridgehead atoms. The van der Waals surface area contributed by atoms with Gasteiger partial charge in [-0.3, -0.25) is 4.79 Å². The van der Waals surface area contributed by atoms with Crippen molar-refractivity contribution in [1.29, 1.82) is 0 Å². The number of hydrogen-bond donors (Lipinski definition) is 15. The summed E-state index contributed by atoms with van der Waals surface area (Å²) in [7, 11) is 0. The van der Waals surface area contributed by atoms with Crippen LogP contribution in [-0.2, 0) is 33.9 Å². The maximum Gasteiger partial charge on any atom is 0 e. The van der Waals surface area contributed by atoms with E-state index in [1.807, 2.05) is 0 Å². The Labute approximate surface area is 272 Å². The first-order chi connectivity index (χ1) is 16.5. The molecule has 0 heterocycles. The second-order valence-electron chi connectivity index (χ2n) is 7.26. The van der Waals surface area contributed by atoms with Gasteiger partial charge in [0.25, 0.3) is 0 Å². The van der Waals surface area contributed by atoms with Crippen LogP contribution in [0.5, 0.6) is 0 Å². The Morgan fingerprint density at radius 2 is 0.923 bits per heavy atom. The molecule has 0 aliphatic heterocycles. The van der Waals surface area contributed by atoms with E-state index in [2.05, 4.69) is 0 Å². The maximum absolute atomic E-state index is 10.1. The normalized spacial score (nSPS) is 16.9. The smallest absolute Gasteiger partial charge is 0 e. The average Bonchev–Trinajstić information content (AvgIpc) is 2.85. The standard InChI is InChI=1S/C6H14N2O2.2C6H12O7.Ca.ClH.Zn.2H/c7-4-2-1-3-5(8)6(9)10;2*7-1-2(8)3(9)4(10)5(11)6(12)13;;;;;/h5H,1-4,7-8H2,(H,9,10);2*2-5,7-11H,1H2,(H,12,13);;1H;;;. The van der Waals surface area contributed by atoms with Crippen molar-refractivity contribution >= 4 is 68.1 Å². The second kappa shape index (κ2) is 29.6. The largest absolute Gasteiger partial charge is 0 e. The van der Waals surface area contributed by atoms with Crippen LogP contribution in [-0.4, -0.2) is 197 Å². The summed E-state index contributed by atoms with van der Waals surface area (Å²) >= 11 is 0. The number of carboxylic acids is 3. The van der Waals surface area contributed by atoms with Gasteiger partial charge in [0.2, 0.25) is 0 Å². The molecule has 230 valence electrons. The summed E-state index contributed by atoms with van der Waals surface area (Å²) in [5.41, 5.74) is 10.4. The third-order valence-corrected chi connectivity index (χ3v) is 4.30. The predicted octanol–water partition coefficient (Wildman–Crippen LogP) is -7.96. The van der Waals surface area contributed by atoms with Crippen molar-refractivity contribution in [2.24, 2.45) is 11.5 Å². The molecule has 17 N–H and O–H groups in total. The number of aliphatic hydroxyl groups is 10. The van der Waals surface area contributed by atoms with Crippen molar-refractivity contribution in [2.45, 2.75) is 74.1 Å². The first kappa shape index (κ1) is 51.8. The molecular formula is C18H41CaClN2O16Zn. The van der Waals surface area contributed by atoms with Crippen LogP contribution in [0.3, 0.4) is 0 Å². The zero-order valence-electron chi connectivity index (χ0n) is 20.2. The van der Waals surface area contributed by atoms with Crippen LogP contribution in [0.4, 0.5) is 0 Å². The van der Waals surface area contributed by atoms with E-state index in [1.54, 1.807) is 0 Å². The number of unbranched alkanes of at least 4 members (excludes halogenated alkanes) is 1. The van der Waals surface area contributed by atoms with Crippen LogP contribution in [0.1, 0.15) is 19.3 Å². The van der Waals surface area contributed by atoms with Crippen LogP contribution in [0.15, 0.2) is 0 Å². The van der Waals surface area contributed by atoms with Gasteiger partial charge in [0.15, 0.2) is 12.2 Å². The van der Waals surface area contributed by atoms with Crippen LogP contribution in [0.2, 0.25) is 0 Å². The van der Waals surface area contributed by atoms with Gasteiger partial charge in [-0.25, -0.2) is 9.59 Å². The van der Waals surface area contributed by atoms with E-state index in [-0.39, 0.29) is 69.6 Å². The summed E-state index contributed by atoms with van der Waals surface area (Å²) in [6, 6.07) is -0.716. The zero-order valence-corrected chi connectivity index (χ0v) is 24.0. The maximum atomic E-state index is 10.1. The Balaban J connectivity index is -0.000000102. The van der Waals surface area contributed by atoms with Crippen molar-refractivity contribution in [3.05, 3.63) is 0 Å². The molecule has 0 radical (unpaired) electrons. The second-order valence-corrected chi connectivity index (χ2v) is 7.26. The van der Waals surface area contributed by atoms with E-state index in [0.29, 0.717) is 13.0 Å². The Morgan fingerprint density at radius 1 is 0.615 bits per heavy atom. The molecule has 0 aliphatic rings. The number of carbonyl (C=O) groups is 3. The van der Waals surface area contributed by atoms with Crippen LogP contribution < -0.4 is 11.5 Å². The number of hydrogen-bond acceptors (Lipinski definition) is 15. The fraction of sp³-hybridized carbons (Fsp3) is 0.833. The summed E-state index contributed by atoms with van der Waals surface area (Å²) in [6.45, 7) is -1.08. The molecular weight excluding hydrogens is 641 g/mol. The minimum absolute atomic E-state index is 0. The topological polar surface area (TPSA) is 366 Å². The van der Waals surface area contributed by atoms with Crippen molar-refractivity contribution in [1.82, 2.24) is 0 Å². The van der Waals surface area contributed by atoms with Gasteiger partial charge in [0.05, 0.1) is 13.2 Å². The van der Waals surface area contributed by atoms with Crippen LogP contribution in [0, 0.1) is 0 Å². The fourth-order valence-corrected chi connectivity index (χ4v) is 1.97. The third-order valence-electron chi connectivity index (χ3n) is 4.30. The number of rotatable bonds is 15. The van der Waals surface area contributed by atoms with Gasteiger partial charge in [0, 0.05) is 19.5 Å². The predicted molar refractivity (Wildman–Crippen MR) is 132 cm³/mol. The molecule has 0 amide bonds. The van der Waals surface area contributed by atoms with Gasteiger partial charge in [-0.15, -0.1) is 12.4 Å². The molecule has 0 aliphatic carbocycles. The summed E-state index contributed by atoms with van der Waals surface area (Å²) in [4.78, 5) is 30.3. The van der Waals surface area contributed by atoms with Gasteiger partial charge in [-0.1, -0.05) is 6.42 Å². The number of aliphatic carboxylic acids is 3. The molecule has 18 nitrogen and oxygen atoms in total. The van der Waals surface area contributed by atoms with E-state index in [9.17, 15) is 14.4 Å². The quantitative estimate of drug-likeness (QED) is 0.0563. The average molecular weight is 682 g/mol. The molecule has 0 saturated carbocycles. The zero-order chi connectivity index (χ0) is 29.2. The minimum atomic E-state index is -2.20. The number of nitrogens with two attached hydrogens (primary N) is 2. The molecule has 0 rings (SSSR count). The monoisotopic (exact) mass is 680 g/mol. The Morgan fingerprint density at radius 3 is 1.13 bits per heavy atom. The van der Waals surface area contributed by atoms with E-state index in [1.165, 1.54) is 0 Å². The molecule has 39 heavy (non-hydrogen) atoms. The minimum Gasteiger partial charge on any atom is 0 e. The Hall–Kier alpha value is 0.103. The number of carboxylic acid groups (broad SMARTS) is 3. The van der Waals surface area contributed by atoms with Gasteiger partial charge >= 0.3 is 55.6 Å². The van der Waals surface area contributed by atoms with Crippen LogP contribution in [0.25, 0.3) is 0 Å². The number of halogens is 1. The van der Waals surface area contributed by atoms with Crippen molar-refractivity contribution in [3.63, 3.8) is 0 Å². The molecule has 9 atom stereocenters. The molecule has 0 spiro atoms. The Bertz CT molecular complexity index is 594. The molecule has 21 heteroatoms. The van der Waals surface area contributed by atoms with Crippen LogP contribution >= 0.6 is 12.4 Å². The molecule has 0 saturated heterocycles.